The highest BCUT2D eigenvalue weighted by Crippen LogP contribution is 2.40. The monoisotopic (exact) mass is 217 g/mol. The fraction of sp³-hybridized carbons (Fsp3) is 0.429. The van der Waals surface area contributed by atoms with E-state index in [-0.39, 0.29) is 0 Å². The summed E-state index contributed by atoms with van der Waals surface area (Å²) >= 11 is 0. The molecular weight excluding hydrogens is 198 g/mol. The Labute approximate surface area is 97.3 Å². The zero-order valence-corrected chi connectivity index (χ0v) is 9.78. The van der Waals surface area contributed by atoms with Crippen molar-refractivity contribution in [2.45, 2.75) is 24.8 Å². The molecule has 0 bridgehead atoms. The highest BCUT2D eigenvalue weighted by Gasteiger charge is 2.31. The van der Waals surface area contributed by atoms with Crippen LogP contribution in [0.25, 0.3) is 0 Å². The Kier molecular flexibility index (Phi) is 3.62. The van der Waals surface area contributed by atoms with Crippen LogP contribution in [-0.2, 0) is 0 Å². The van der Waals surface area contributed by atoms with Gasteiger partial charge in [-0.15, -0.1) is 6.58 Å². The van der Waals surface area contributed by atoms with E-state index in [1.54, 1.807) is 7.11 Å². The van der Waals surface area contributed by atoms with E-state index in [1.165, 1.54) is 18.4 Å². The first-order valence-corrected chi connectivity index (χ1v) is 5.82. The van der Waals surface area contributed by atoms with Crippen LogP contribution in [-0.4, -0.2) is 19.7 Å². The highest BCUT2D eigenvalue weighted by molar-refractivity contribution is 5.37. The first kappa shape index (κ1) is 11.2. The van der Waals surface area contributed by atoms with Crippen LogP contribution >= 0.6 is 0 Å². The van der Waals surface area contributed by atoms with Gasteiger partial charge in [-0.1, -0.05) is 24.3 Å². The molecule has 2 rings (SSSR count). The van der Waals surface area contributed by atoms with Gasteiger partial charge in [0.05, 0.1) is 7.11 Å². The van der Waals surface area contributed by atoms with Gasteiger partial charge in [0.2, 0.25) is 0 Å². The van der Waals surface area contributed by atoms with E-state index in [0.29, 0.717) is 12.0 Å². The molecule has 0 aromatic heterocycles. The van der Waals surface area contributed by atoms with Gasteiger partial charge in [-0.05, 0) is 30.4 Å². The number of nitrogens with one attached hydrogen (secondary N) is 1. The van der Waals surface area contributed by atoms with E-state index < -0.39 is 0 Å². The molecule has 86 valence electrons. The Morgan fingerprint density at radius 2 is 2.19 bits per heavy atom. The van der Waals surface area contributed by atoms with E-state index in [1.807, 2.05) is 18.2 Å². The van der Waals surface area contributed by atoms with Crippen LogP contribution in [0.5, 0.6) is 5.75 Å². The van der Waals surface area contributed by atoms with Gasteiger partial charge in [0.1, 0.15) is 5.75 Å². The molecule has 1 fully saturated rings. The minimum absolute atomic E-state index is 0.646. The number of hydrogen-bond donors (Lipinski definition) is 1. The lowest BCUT2D eigenvalue weighted by Crippen LogP contribution is -2.40. The van der Waals surface area contributed by atoms with Gasteiger partial charge in [0.25, 0.3) is 0 Å². The second-order valence-corrected chi connectivity index (χ2v) is 4.30. The van der Waals surface area contributed by atoms with Crippen molar-refractivity contribution in [3.63, 3.8) is 0 Å². The minimum atomic E-state index is 0.646. The largest absolute Gasteiger partial charge is 0.496 e. The van der Waals surface area contributed by atoms with Crippen molar-refractivity contribution in [2.24, 2.45) is 0 Å². The molecule has 0 heterocycles. The number of ether oxygens (including phenoxy) is 1. The summed E-state index contributed by atoms with van der Waals surface area (Å²) in [6.07, 6.45) is 4.32. The smallest absolute Gasteiger partial charge is 0.122 e. The Hall–Kier alpha value is -1.28. The first-order valence-electron chi connectivity index (χ1n) is 5.82. The number of para-hydroxylation sites is 1. The molecule has 0 spiro atoms. The summed E-state index contributed by atoms with van der Waals surface area (Å²) in [7, 11) is 1.74. The summed E-state index contributed by atoms with van der Waals surface area (Å²) in [6.45, 7) is 4.62. The van der Waals surface area contributed by atoms with Gasteiger partial charge in [-0.2, -0.15) is 0 Å². The van der Waals surface area contributed by atoms with Crippen molar-refractivity contribution in [3.05, 3.63) is 42.5 Å². The third-order valence-electron chi connectivity index (χ3n) is 3.27. The molecule has 1 aromatic carbocycles. The normalized spacial score (nSPS) is 23.6. The van der Waals surface area contributed by atoms with Crippen LogP contribution in [0.4, 0.5) is 0 Å². The molecular formula is C14H19NO. The van der Waals surface area contributed by atoms with Crippen molar-refractivity contribution < 1.29 is 4.74 Å². The van der Waals surface area contributed by atoms with Crippen molar-refractivity contribution in [1.29, 1.82) is 0 Å². The van der Waals surface area contributed by atoms with Crippen LogP contribution in [0.1, 0.15) is 24.3 Å². The Balaban J connectivity index is 1.93. The third-order valence-corrected chi connectivity index (χ3v) is 3.27. The fourth-order valence-corrected chi connectivity index (χ4v) is 2.29. The van der Waals surface area contributed by atoms with Gasteiger partial charge >= 0.3 is 0 Å². The standard InChI is InChI=1S/C14H19NO/c1-3-8-15-12-9-11(10-12)13-6-4-5-7-14(13)16-2/h3-7,11-12,15H,1,8-10H2,2H3. The third kappa shape index (κ3) is 2.27. The molecule has 0 aliphatic heterocycles. The predicted octanol–water partition coefficient (Wildman–Crippen LogP) is 2.72. The summed E-state index contributed by atoms with van der Waals surface area (Å²) in [5.41, 5.74) is 1.35. The maximum Gasteiger partial charge on any atom is 0.122 e. The highest BCUT2D eigenvalue weighted by atomic mass is 16.5. The lowest BCUT2D eigenvalue weighted by molar-refractivity contribution is 0.291. The molecule has 0 saturated heterocycles. The molecule has 1 aliphatic rings. The predicted molar refractivity (Wildman–Crippen MR) is 67.0 cm³/mol. The maximum absolute atomic E-state index is 5.38. The van der Waals surface area contributed by atoms with Gasteiger partial charge < -0.3 is 10.1 Å². The molecule has 0 atom stereocenters. The van der Waals surface area contributed by atoms with Crippen molar-refractivity contribution in [3.8, 4) is 5.75 Å². The molecule has 1 aliphatic carbocycles. The Bertz CT molecular complexity index is 356. The van der Waals surface area contributed by atoms with Gasteiger partial charge in [-0.3, -0.25) is 0 Å². The van der Waals surface area contributed by atoms with Gasteiger partial charge in [-0.25, -0.2) is 0 Å². The van der Waals surface area contributed by atoms with Crippen LogP contribution in [0, 0.1) is 0 Å². The lowest BCUT2D eigenvalue weighted by atomic mass is 9.75. The molecule has 0 radical (unpaired) electrons. The zero-order chi connectivity index (χ0) is 11.4. The number of methoxy groups -OCH3 is 1. The Morgan fingerprint density at radius 3 is 2.88 bits per heavy atom. The van der Waals surface area contributed by atoms with E-state index in [9.17, 15) is 0 Å². The van der Waals surface area contributed by atoms with Crippen LogP contribution < -0.4 is 10.1 Å². The molecule has 1 N–H and O–H groups in total. The summed E-state index contributed by atoms with van der Waals surface area (Å²) in [6, 6.07) is 8.97. The fourth-order valence-electron chi connectivity index (χ4n) is 2.29. The zero-order valence-electron chi connectivity index (χ0n) is 9.78. The molecule has 1 saturated carbocycles. The van der Waals surface area contributed by atoms with Crippen molar-refractivity contribution >= 4 is 0 Å². The summed E-state index contributed by atoms with van der Waals surface area (Å²) in [5, 5.41) is 3.45. The summed E-state index contributed by atoms with van der Waals surface area (Å²) in [4.78, 5) is 0. The average molecular weight is 217 g/mol. The van der Waals surface area contributed by atoms with Gasteiger partial charge in [0.15, 0.2) is 0 Å². The van der Waals surface area contributed by atoms with E-state index in [2.05, 4.69) is 24.0 Å². The maximum atomic E-state index is 5.38. The number of hydrogen-bond acceptors (Lipinski definition) is 2. The van der Waals surface area contributed by atoms with Gasteiger partial charge in [0, 0.05) is 12.6 Å². The lowest BCUT2D eigenvalue weighted by Gasteiger charge is -2.36. The summed E-state index contributed by atoms with van der Waals surface area (Å²) in [5.74, 6) is 1.67. The van der Waals surface area contributed by atoms with Crippen molar-refractivity contribution in [1.82, 2.24) is 5.32 Å². The second kappa shape index (κ2) is 5.17. The number of benzene rings is 1. The molecule has 1 aromatic rings. The summed E-state index contributed by atoms with van der Waals surface area (Å²) < 4.78 is 5.38. The molecule has 2 heteroatoms. The van der Waals surface area contributed by atoms with E-state index in [4.69, 9.17) is 4.74 Å². The molecule has 0 unspecified atom stereocenters. The second-order valence-electron chi connectivity index (χ2n) is 4.30. The van der Waals surface area contributed by atoms with E-state index >= 15 is 0 Å². The Morgan fingerprint density at radius 1 is 1.44 bits per heavy atom. The SMILES string of the molecule is C=CCNC1CC(c2ccccc2OC)C1. The first-order chi connectivity index (χ1) is 7.85. The number of rotatable bonds is 5. The van der Waals surface area contributed by atoms with Crippen LogP contribution in [0.3, 0.4) is 0 Å². The average Bonchev–Trinajstić information content (AvgIpc) is 2.28. The minimum Gasteiger partial charge on any atom is -0.496 e. The van der Waals surface area contributed by atoms with E-state index in [0.717, 1.165) is 12.3 Å². The van der Waals surface area contributed by atoms with Crippen LogP contribution in [0.2, 0.25) is 0 Å². The van der Waals surface area contributed by atoms with Crippen molar-refractivity contribution in [2.75, 3.05) is 13.7 Å². The molecule has 2 nitrogen and oxygen atoms in total. The molecule has 16 heavy (non-hydrogen) atoms. The topological polar surface area (TPSA) is 21.3 Å². The molecule has 0 amide bonds. The van der Waals surface area contributed by atoms with Crippen LogP contribution in [0.15, 0.2) is 36.9 Å². The quantitative estimate of drug-likeness (QED) is 0.766.